The number of rotatable bonds is 7. The Balaban J connectivity index is 1.58. The molecule has 2 N–H and O–H groups in total. The van der Waals surface area contributed by atoms with Crippen molar-refractivity contribution in [3.63, 3.8) is 0 Å². The van der Waals surface area contributed by atoms with Gasteiger partial charge >= 0.3 is 0 Å². The number of aromatic nitrogens is 1. The number of halogens is 1. The van der Waals surface area contributed by atoms with E-state index in [1.807, 2.05) is 30.3 Å². The molecule has 1 heterocycles. The van der Waals surface area contributed by atoms with Gasteiger partial charge in [-0.15, -0.1) is 0 Å². The van der Waals surface area contributed by atoms with Crippen LogP contribution in [-0.2, 0) is 11.3 Å². The number of anilines is 1. The molecule has 0 spiro atoms. The van der Waals surface area contributed by atoms with Crippen LogP contribution in [0.25, 0.3) is 0 Å². The number of nitrogens with zero attached hydrogens (tertiary/aromatic N) is 1. The average molecular weight is 440 g/mol. The van der Waals surface area contributed by atoms with Gasteiger partial charge in [0.25, 0.3) is 11.8 Å². The summed E-state index contributed by atoms with van der Waals surface area (Å²) < 4.78 is 6.44. The Kier molecular flexibility index (Phi) is 6.75. The molecule has 0 bridgehead atoms. The number of benzene rings is 2. The van der Waals surface area contributed by atoms with Crippen molar-refractivity contribution in [1.29, 1.82) is 0 Å². The van der Waals surface area contributed by atoms with Crippen molar-refractivity contribution in [3.05, 3.63) is 88.7 Å². The third-order valence-corrected chi connectivity index (χ3v) is 4.25. The van der Waals surface area contributed by atoms with Crippen LogP contribution in [-0.4, -0.2) is 23.4 Å². The lowest BCUT2D eigenvalue weighted by atomic mass is 10.2. The Morgan fingerprint density at radius 2 is 1.82 bits per heavy atom. The van der Waals surface area contributed by atoms with Crippen molar-refractivity contribution in [1.82, 2.24) is 10.3 Å². The van der Waals surface area contributed by atoms with Crippen LogP contribution < -0.4 is 15.4 Å². The van der Waals surface area contributed by atoms with E-state index in [1.165, 1.54) is 0 Å². The van der Waals surface area contributed by atoms with E-state index in [4.69, 9.17) is 4.74 Å². The zero-order chi connectivity index (χ0) is 19.8. The fourth-order valence-electron chi connectivity index (χ4n) is 2.46. The van der Waals surface area contributed by atoms with Crippen LogP contribution in [0.15, 0.2) is 77.4 Å². The Hall–Kier alpha value is -3.19. The highest BCUT2D eigenvalue weighted by molar-refractivity contribution is 9.10. The first kappa shape index (κ1) is 19.6. The number of amides is 2. The molecule has 0 saturated heterocycles. The number of hydrogen-bond donors (Lipinski definition) is 2. The SMILES string of the molecule is O=C(COc1ccccc1C(=O)NCc1ccccn1)Nc1cccc(Br)c1. The first-order valence-corrected chi connectivity index (χ1v) is 9.36. The number of carbonyl (C=O) groups is 2. The fraction of sp³-hybridized carbons (Fsp3) is 0.0952. The van der Waals surface area contributed by atoms with Crippen LogP contribution in [0.5, 0.6) is 5.75 Å². The van der Waals surface area contributed by atoms with Crippen molar-refractivity contribution in [2.24, 2.45) is 0 Å². The van der Waals surface area contributed by atoms with Gasteiger partial charge in [-0.05, 0) is 42.5 Å². The van der Waals surface area contributed by atoms with Gasteiger partial charge in [0.1, 0.15) is 5.75 Å². The molecule has 0 radical (unpaired) electrons. The van der Waals surface area contributed by atoms with E-state index in [-0.39, 0.29) is 18.4 Å². The molecule has 28 heavy (non-hydrogen) atoms. The zero-order valence-corrected chi connectivity index (χ0v) is 16.5. The van der Waals surface area contributed by atoms with Crippen LogP contribution in [0, 0.1) is 0 Å². The Labute approximate surface area is 171 Å². The summed E-state index contributed by atoms with van der Waals surface area (Å²) in [6.07, 6.45) is 1.67. The highest BCUT2D eigenvalue weighted by atomic mass is 79.9. The molecule has 7 heteroatoms. The first-order chi connectivity index (χ1) is 13.6. The number of nitrogens with one attached hydrogen (secondary N) is 2. The monoisotopic (exact) mass is 439 g/mol. The van der Waals surface area contributed by atoms with E-state index in [0.29, 0.717) is 23.5 Å². The van der Waals surface area contributed by atoms with Crippen LogP contribution in [0.1, 0.15) is 16.1 Å². The summed E-state index contributed by atoms with van der Waals surface area (Å²) in [6, 6.07) is 19.5. The molecular weight excluding hydrogens is 422 g/mol. The summed E-state index contributed by atoms with van der Waals surface area (Å²) in [7, 11) is 0. The Morgan fingerprint density at radius 3 is 2.61 bits per heavy atom. The van der Waals surface area contributed by atoms with Crippen LogP contribution in [0.2, 0.25) is 0 Å². The molecule has 2 aromatic carbocycles. The fourth-order valence-corrected chi connectivity index (χ4v) is 2.85. The number of carbonyl (C=O) groups excluding carboxylic acids is 2. The van der Waals surface area contributed by atoms with E-state index >= 15 is 0 Å². The van der Waals surface area contributed by atoms with E-state index in [9.17, 15) is 9.59 Å². The minimum Gasteiger partial charge on any atom is -0.483 e. The van der Waals surface area contributed by atoms with Gasteiger partial charge in [0.05, 0.1) is 17.8 Å². The molecule has 6 nitrogen and oxygen atoms in total. The second-order valence-electron chi connectivity index (χ2n) is 5.85. The lowest BCUT2D eigenvalue weighted by Gasteiger charge is -2.12. The summed E-state index contributed by atoms with van der Waals surface area (Å²) in [4.78, 5) is 28.8. The third kappa shape index (κ3) is 5.65. The lowest BCUT2D eigenvalue weighted by molar-refractivity contribution is -0.118. The van der Waals surface area contributed by atoms with Gasteiger partial charge in [0.15, 0.2) is 6.61 Å². The van der Waals surface area contributed by atoms with Gasteiger partial charge in [-0.1, -0.05) is 40.2 Å². The van der Waals surface area contributed by atoms with E-state index < -0.39 is 0 Å². The predicted molar refractivity (Wildman–Crippen MR) is 110 cm³/mol. The Morgan fingerprint density at radius 1 is 1.00 bits per heavy atom. The molecule has 1 aromatic heterocycles. The molecule has 0 aliphatic heterocycles. The maximum absolute atomic E-state index is 12.5. The van der Waals surface area contributed by atoms with Crippen molar-refractivity contribution in [2.75, 3.05) is 11.9 Å². The van der Waals surface area contributed by atoms with Crippen LogP contribution in [0.3, 0.4) is 0 Å². The first-order valence-electron chi connectivity index (χ1n) is 8.57. The molecule has 3 aromatic rings. The molecular formula is C21H18BrN3O3. The largest absolute Gasteiger partial charge is 0.483 e. The Bertz CT molecular complexity index is 964. The summed E-state index contributed by atoms with van der Waals surface area (Å²) in [5.74, 6) is -0.277. The molecule has 2 amide bonds. The molecule has 0 saturated carbocycles. The van der Waals surface area contributed by atoms with Crippen LogP contribution >= 0.6 is 15.9 Å². The second-order valence-corrected chi connectivity index (χ2v) is 6.76. The van der Waals surface area contributed by atoms with E-state index in [0.717, 1.165) is 10.2 Å². The van der Waals surface area contributed by atoms with Gasteiger partial charge < -0.3 is 15.4 Å². The zero-order valence-electron chi connectivity index (χ0n) is 14.9. The highest BCUT2D eigenvalue weighted by Crippen LogP contribution is 2.19. The van der Waals surface area contributed by atoms with Crippen LogP contribution in [0.4, 0.5) is 5.69 Å². The summed E-state index contributed by atoms with van der Waals surface area (Å²) in [6.45, 7) is 0.0917. The maximum atomic E-state index is 12.5. The van der Waals surface area contributed by atoms with Crippen molar-refractivity contribution in [2.45, 2.75) is 6.54 Å². The summed E-state index contributed by atoms with van der Waals surface area (Å²) in [5.41, 5.74) is 1.76. The smallest absolute Gasteiger partial charge is 0.262 e. The quantitative estimate of drug-likeness (QED) is 0.586. The van der Waals surface area contributed by atoms with Gasteiger partial charge in [0, 0.05) is 16.4 Å². The maximum Gasteiger partial charge on any atom is 0.262 e. The van der Waals surface area contributed by atoms with Gasteiger partial charge in [-0.3, -0.25) is 14.6 Å². The third-order valence-electron chi connectivity index (χ3n) is 3.76. The number of hydrogen-bond acceptors (Lipinski definition) is 4. The van der Waals surface area contributed by atoms with E-state index in [1.54, 1.807) is 42.6 Å². The summed E-state index contributed by atoms with van der Waals surface area (Å²) >= 11 is 3.35. The molecule has 142 valence electrons. The predicted octanol–water partition coefficient (Wildman–Crippen LogP) is 3.79. The molecule has 0 aliphatic rings. The van der Waals surface area contributed by atoms with Gasteiger partial charge in [-0.2, -0.15) is 0 Å². The minimum atomic E-state index is -0.318. The average Bonchev–Trinajstić information content (AvgIpc) is 2.71. The normalized spacial score (nSPS) is 10.2. The number of ether oxygens (including phenoxy) is 1. The molecule has 0 fully saturated rings. The summed E-state index contributed by atoms with van der Waals surface area (Å²) in [5, 5.41) is 5.55. The number of para-hydroxylation sites is 1. The highest BCUT2D eigenvalue weighted by Gasteiger charge is 2.13. The topological polar surface area (TPSA) is 80.3 Å². The number of pyridine rings is 1. The molecule has 3 rings (SSSR count). The standard InChI is InChI=1S/C21H18BrN3O3/c22-15-6-5-8-16(12-15)25-20(26)14-28-19-10-2-1-9-18(19)21(27)24-13-17-7-3-4-11-23-17/h1-12H,13-14H2,(H,24,27)(H,25,26). The molecule has 0 aliphatic carbocycles. The van der Waals surface area contributed by atoms with Gasteiger partial charge in [-0.25, -0.2) is 0 Å². The van der Waals surface area contributed by atoms with Crippen molar-refractivity contribution < 1.29 is 14.3 Å². The molecule has 0 atom stereocenters. The lowest BCUT2D eigenvalue weighted by Crippen LogP contribution is -2.25. The molecule has 0 unspecified atom stereocenters. The van der Waals surface area contributed by atoms with Crippen molar-refractivity contribution in [3.8, 4) is 5.75 Å². The van der Waals surface area contributed by atoms with E-state index in [2.05, 4.69) is 31.5 Å². The second kappa shape index (κ2) is 9.66. The van der Waals surface area contributed by atoms with Crippen molar-refractivity contribution >= 4 is 33.4 Å². The van der Waals surface area contributed by atoms with Gasteiger partial charge in [0.2, 0.25) is 0 Å². The minimum absolute atomic E-state index is 0.211.